The number of H-pyrrole nitrogens is 1. The van der Waals surface area contributed by atoms with Gasteiger partial charge < -0.3 is 25.5 Å². The first-order valence-corrected chi connectivity index (χ1v) is 10.1. The van der Waals surface area contributed by atoms with Crippen LogP contribution in [0.2, 0.25) is 0 Å². The number of hydrogen-bond acceptors (Lipinski definition) is 5. The number of nitriles is 1. The van der Waals surface area contributed by atoms with Crippen molar-refractivity contribution in [3.63, 3.8) is 0 Å². The third kappa shape index (κ3) is 6.37. The second kappa shape index (κ2) is 10.9. The van der Waals surface area contributed by atoms with E-state index in [1.165, 1.54) is 0 Å². The number of aliphatic carboxylic acids is 1. The van der Waals surface area contributed by atoms with E-state index in [9.17, 15) is 18.0 Å². The van der Waals surface area contributed by atoms with E-state index in [2.05, 4.69) is 18.0 Å². The maximum atomic E-state index is 12.6. The minimum Gasteiger partial charge on any atom is -0.494 e. The molecule has 0 radical (unpaired) electrons. The van der Waals surface area contributed by atoms with Crippen molar-refractivity contribution < 1.29 is 32.6 Å². The summed E-state index contributed by atoms with van der Waals surface area (Å²) >= 11 is 0. The summed E-state index contributed by atoms with van der Waals surface area (Å²) in [6, 6.07) is 7.11. The van der Waals surface area contributed by atoms with Gasteiger partial charge in [-0.1, -0.05) is 6.92 Å². The normalized spacial score (nSPS) is 16.8. The van der Waals surface area contributed by atoms with Gasteiger partial charge >= 0.3 is 12.1 Å². The van der Waals surface area contributed by atoms with E-state index in [1.54, 1.807) is 4.90 Å². The average Bonchev–Trinajstić information content (AvgIpc) is 3.38. The van der Waals surface area contributed by atoms with Gasteiger partial charge in [0.2, 0.25) is 5.91 Å². The van der Waals surface area contributed by atoms with Crippen LogP contribution < -0.4 is 10.5 Å². The molecule has 1 saturated heterocycles. The van der Waals surface area contributed by atoms with Crippen LogP contribution in [-0.4, -0.2) is 58.3 Å². The highest BCUT2D eigenvalue weighted by Crippen LogP contribution is 2.25. The number of amides is 1. The number of likely N-dealkylation sites (tertiary alicyclic amines) is 1. The van der Waals surface area contributed by atoms with Crippen LogP contribution in [0.25, 0.3) is 10.9 Å². The van der Waals surface area contributed by atoms with Crippen LogP contribution in [-0.2, 0) is 16.0 Å². The largest absolute Gasteiger partial charge is 0.494 e. The number of benzene rings is 1. The molecule has 4 N–H and O–H groups in total. The number of carbonyl (C=O) groups excluding carboxylic acids is 1. The third-order valence-corrected chi connectivity index (χ3v) is 4.90. The van der Waals surface area contributed by atoms with Crippen molar-refractivity contribution in [3.05, 3.63) is 30.0 Å². The monoisotopic (exact) mass is 454 g/mol. The number of halogens is 3. The second-order valence-electron chi connectivity index (χ2n) is 7.30. The van der Waals surface area contributed by atoms with E-state index in [0.29, 0.717) is 19.6 Å². The van der Waals surface area contributed by atoms with Gasteiger partial charge in [-0.3, -0.25) is 4.79 Å². The standard InChI is InChI=1S/C19H24N4O2.C2HF3O2/c1-2-8-25-15-5-6-18-16(10-15)13(12-22-18)9-17(21)19(24)23-7-3-4-14(23)11-20;3-2(4,5)1(6)7/h5-6,10,12,14,17,22H,2-4,7-9,21H2,1H3;(H,6,7). The van der Waals surface area contributed by atoms with E-state index >= 15 is 0 Å². The topological polar surface area (TPSA) is 132 Å². The molecule has 2 heterocycles. The van der Waals surface area contributed by atoms with E-state index in [1.807, 2.05) is 24.4 Å². The molecule has 1 amide bonds. The molecule has 0 aliphatic carbocycles. The first-order chi connectivity index (χ1) is 15.1. The Hall–Kier alpha value is -3.26. The van der Waals surface area contributed by atoms with Crippen molar-refractivity contribution in [2.45, 2.75) is 50.9 Å². The summed E-state index contributed by atoms with van der Waals surface area (Å²) in [6.07, 6.45) is -0.201. The zero-order valence-electron chi connectivity index (χ0n) is 17.5. The number of nitrogens with zero attached hydrogens (tertiary/aromatic N) is 2. The number of nitrogens with one attached hydrogen (secondary N) is 1. The number of hydrogen-bond donors (Lipinski definition) is 3. The van der Waals surface area contributed by atoms with Gasteiger partial charge in [-0.15, -0.1) is 0 Å². The van der Waals surface area contributed by atoms with Crippen LogP contribution in [0.5, 0.6) is 5.75 Å². The van der Waals surface area contributed by atoms with Gasteiger partial charge in [0.05, 0.1) is 18.7 Å². The summed E-state index contributed by atoms with van der Waals surface area (Å²) < 4.78 is 37.4. The highest BCUT2D eigenvalue weighted by atomic mass is 19.4. The van der Waals surface area contributed by atoms with E-state index in [-0.39, 0.29) is 11.9 Å². The van der Waals surface area contributed by atoms with Crippen molar-refractivity contribution in [2.24, 2.45) is 5.73 Å². The maximum Gasteiger partial charge on any atom is 0.490 e. The average molecular weight is 454 g/mol. The van der Waals surface area contributed by atoms with Gasteiger partial charge in [0, 0.05) is 23.6 Å². The highest BCUT2D eigenvalue weighted by Gasteiger charge is 2.38. The number of alkyl halides is 3. The molecule has 2 atom stereocenters. The number of aromatic amines is 1. The molecule has 32 heavy (non-hydrogen) atoms. The quantitative estimate of drug-likeness (QED) is 0.615. The number of ether oxygens (including phenoxy) is 1. The molecule has 11 heteroatoms. The van der Waals surface area contributed by atoms with Crippen molar-refractivity contribution in [3.8, 4) is 11.8 Å². The molecule has 1 aliphatic heterocycles. The zero-order valence-corrected chi connectivity index (χ0v) is 17.5. The minimum atomic E-state index is -5.08. The predicted molar refractivity (Wildman–Crippen MR) is 110 cm³/mol. The fraction of sp³-hybridized carbons (Fsp3) is 0.476. The number of fused-ring (bicyclic) bond motifs is 1. The first kappa shape index (κ1) is 25.0. The molecule has 0 saturated carbocycles. The summed E-state index contributed by atoms with van der Waals surface area (Å²) in [5, 5.41) is 17.3. The van der Waals surface area contributed by atoms with Gasteiger partial charge in [-0.25, -0.2) is 4.79 Å². The first-order valence-electron chi connectivity index (χ1n) is 10.1. The van der Waals surface area contributed by atoms with Crippen molar-refractivity contribution in [1.29, 1.82) is 5.26 Å². The molecule has 1 aromatic carbocycles. The molecule has 0 bridgehead atoms. The van der Waals surface area contributed by atoms with Gasteiger partial charge in [0.15, 0.2) is 0 Å². The van der Waals surface area contributed by atoms with Crippen molar-refractivity contribution in [1.82, 2.24) is 9.88 Å². The summed E-state index contributed by atoms with van der Waals surface area (Å²) in [6.45, 7) is 3.36. The smallest absolute Gasteiger partial charge is 0.490 e. The number of carbonyl (C=O) groups is 2. The SMILES string of the molecule is CCCOc1ccc2[nH]cc(CC(N)C(=O)N3CCCC3C#N)c2c1.O=C(O)C(F)(F)F. The molecular formula is C21H25F3N4O4. The minimum absolute atomic E-state index is 0.142. The van der Waals surface area contributed by atoms with Gasteiger partial charge in [0.1, 0.15) is 11.8 Å². The second-order valence-corrected chi connectivity index (χ2v) is 7.30. The van der Waals surface area contributed by atoms with E-state index in [4.69, 9.17) is 25.6 Å². The van der Waals surface area contributed by atoms with Crippen molar-refractivity contribution >= 4 is 22.8 Å². The Morgan fingerprint density at radius 2 is 2.12 bits per heavy atom. The Labute approximate surface area is 182 Å². The highest BCUT2D eigenvalue weighted by molar-refractivity contribution is 5.87. The number of aromatic nitrogens is 1. The van der Waals surface area contributed by atoms with Crippen LogP contribution in [0.4, 0.5) is 13.2 Å². The molecule has 1 aliphatic rings. The Bertz CT molecular complexity index is 984. The van der Waals surface area contributed by atoms with Crippen LogP contribution in [0.1, 0.15) is 31.7 Å². The lowest BCUT2D eigenvalue weighted by Gasteiger charge is -2.23. The molecule has 8 nitrogen and oxygen atoms in total. The van der Waals surface area contributed by atoms with E-state index in [0.717, 1.165) is 41.5 Å². The van der Waals surface area contributed by atoms with Crippen LogP contribution >= 0.6 is 0 Å². The molecule has 2 unspecified atom stereocenters. The van der Waals surface area contributed by atoms with Crippen LogP contribution in [0.15, 0.2) is 24.4 Å². The van der Waals surface area contributed by atoms with E-state index < -0.39 is 18.2 Å². The molecule has 1 fully saturated rings. The Morgan fingerprint density at radius 1 is 1.44 bits per heavy atom. The molecular weight excluding hydrogens is 429 g/mol. The summed E-state index contributed by atoms with van der Waals surface area (Å²) in [5.74, 6) is -2.08. The van der Waals surface area contributed by atoms with Gasteiger partial charge in [-0.05, 0) is 49.4 Å². The number of carboxylic acids is 1. The lowest BCUT2D eigenvalue weighted by atomic mass is 10.0. The third-order valence-electron chi connectivity index (χ3n) is 4.90. The molecule has 2 aromatic rings. The fourth-order valence-electron chi connectivity index (χ4n) is 3.34. The number of rotatable bonds is 6. The lowest BCUT2D eigenvalue weighted by Crippen LogP contribution is -2.46. The summed E-state index contributed by atoms with van der Waals surface area (Å²) in [4.78, 5) is 26.3. The zero-order chi connectivity index (χ0) is 23.9. The summed E-state index contributed by atoms with van der Waals surface area (Å²) in [5.41, 5.74) is 8.15. The molecule has 0 spiro atoms. The summed E-state index contributed by atoms with van der Waals surface area (Å²) in [7, 11) is 0. The van der Waals surface area contributed by atoms with Crippen LogP contribution in [0, 0.1) is 11.3 Å². The predicted octanol–water partition coefficient (Wildman–Crippen LogP) is 2.97. The van der Waals surface area contributed by atoms with Crippen molar-refractivity contribution in [2.75, 3.05) is 13.2 Å². The fourth-order valence-corrected chi connectivity index (χ4v) is 3.34. The Morgan fingerprint density at radius 3 is 2.72 bits per heavy atom. The van der Waals surface area contributed by atoms with Crippen LogP contribution in [0.3, 0.4) is 0 Å². The Kier molecular flexibility index (Phi) is 8.48. The van der Waals surface area contributed by atoms with Gasteiger partial charge in [-0.2, -0.15) is 18.4 Å². The molecule has 174 valence electrons. The van der Waals surface area contributed by atoms with Gasteiger partial charge in [0.25, 0.3) is 0 Å². The number of carboxylic acid groups (broad SMARTS) is 1. The number of nitrogens with two attached hydrogens (primary N) is 1. The molecule has 3 rings (SSSR count). The molecule has 1 aromatic heterocycles. The Balaban J connectivity index is 0.000000451. The maximum absolute atomic E-state index is 12.6. The lowest BCUT2D eigenvalue weighted by molar-refractivity contribution is -0.192.